The zero-order chi connectivity index (χ0) is 23.2. The Kier molecular flexibility index (Phi) is 7.26. The summed E-state index contributed by atoms with van der Waals surface area (Å²) in [4.78, 5) is 27.9. The minimum Gasteiger partial charge on any atom is -0.497 e. The first-order valence-corrected chi connectivity index (χ1v) is 11.8. The number of nitrogens with two attached hydrogens (primary N) is 1. The van der Waals surface area contributed by atoms with Crippen molar-refractivity contribution in [1.29, 1.82) is 0 Å². The van der Waals surface area contributed by atoms with Crippen molar-refractivity contribution in [1.82, 2.24) is 10.2 Å². The highest BCUT2D eigenvalue weighted by Crippen LogP contribution is 2.36. The second kappa shape index (κ2) is 10.5. The third-order valence-electron chi connectivity index (χ3n) is 5.76. The number of anilines is 1. The topological polar surface area (TPSA) is 96.7 Å². The van der Waals surface area contributed by atoms with Gasteiger partial charge in [-0.25, -0.2) is 4.79 Å². The molecule has 3 aromatic rings. The molecule has 172 valence electrons. The first-order chi connectivity index (χ1) is 16.0. The summed E-state index contributed by atoms with van der Waals surface area (Å²) < 4.78 is 5.21. The van der Waals surface area contributed by atoms with Crippen LogP contribution in [0.3, 0.4) is 0 Å². The predicted octanol–water partition coefficient (Wildman–Crippen LogP) is 4.31. The highest BCUT2D eigenvalue weighted by molar-refractivity contribution is 7.20. The minimum absolute atomic E-state index is 0.0929. The maximum atomic E-state index is 13.1. The van der Waals surface area contributed by atoms with E-state index in [1.807, 2.05) is 30.3 Å². The average Bonchev–Trinajstić information content (AvgIpc) is 3.24. The summed E-state index contributed by atoms with van der Waals surface area (Å²) in [6.45, 7) is 2.77. The van der Waals surface area contributed by atoms with E-state index < -0.39 is 6.03 Å². The van der Waals surface area contributed by atoms with E-state index in [9.17, 15) is 9.59 Å². The Morgan fingerprint density at radius 1 is 1.09 bits per heavy atom. The molecule has 4 N–H and O–H groups in total. The van der Waals surface area contributed by atoms with Gasteiger partial charge in [0.25, 0.3) is 5.91 Å². The van der Waals surface area contributed by atoms with E-state index in [1.54, 1.807) is 13.2 Å². The number of rotatable bonds is 7. The molecule has 8 heteroatoms. The van der Waals surface area contributed by atoms with Crippen LogP contribution in [0.15, 0.2) is 60.7 Å². The van der Waals surface area contributed by atoms with E-state index in [4.69, 9.17) is 10.5 Å². The first-order valence-electron chi connectivity index (χ1n) is 10.9. The zero-order valence-corrected chi connectivity index (χ0v) is 19.4. The minimum atomic E-state index is -0.693. The molecule has 1 aliphatic heterocycles. The smallest absolute Gasteiger partial charge is 0.317 e. The van der Waals surface area contributed by atoms with Gasteiger partial charge in [-0.1, -0.05) is 30.3 Å². The largest absolute Gasteiger partial charge is 0.497 e. The van der Waals surface area contributed by atoms with Crippen molar-refractivity contribution in [2.24, 2.45) is 5.73 Å². The lowest BCUT2D eigenvalue weighted by Crippen LogP contribution is -2.44. The Bertz CT molecular complexity index is 1090. The van der Waals surface area contributed by atoms with Gasteiger partial charge in [-0.05, 0) is 54.3 Å². The van der Waals surface area contributed by atoms with Crippen LogP contribution in [0.4, 0.5) is 9.80 Å². The van der Waals surface area contributed by atoms with Crippen LogP contribution in [0.5, 0.6) is 5.75 Å². The number of methoxy groups -OCH3 is 1. The van der Waals surface area contributed by atoms with Gasteiger partial charge in [0.2, 0.25) is 0 Å². The van der Waals surface area contributed by atoms with Gasteiger partial charge in [-0.3, -0.25) is 15.0 Å². The molecule has 3 amide bonds. The summed E-state index contributed by atoms with van der Waals surface area (Å²) in [6.07, 6.45) is 1.76. The molecule has 1 saturated heterocycles. The van der Waals surface area contributed by atoms with Crippen LogP contribution in [-0.4, -0.2) is 43.1 Å². The molecule has 33 heavy (non-hydrogen) atoms. The summed E-state index contributed by atoms with van der Waals surface area (Å²) >= 11 is 1.32. The number of urea groups is 1. The van der Waals surface area contributed by atoms with Crippen LogP contribution in [0.25, 0.3) is 10.4 Å². The van der Waals surface area contributed by atoms with E-state index in [0.29, 0.717) is 10.6 Å². The van der Waals surface area contributed by atoms with Gasteiger partial charge >= 0.3 is 6.03 Å². The van der Waals surface area contributed by atoms with Crippen LogP contribution in [0.1, 0.15) is 28.8 Å². The number of ether oxygens (including phenoxy) is 1. The molecular weight excluding hydrogens is 436 g/mol. The van der Waals surface area contributed by atoms with Gasteiger partial charge in [0, 0.05) is 30.6 Å². The Morgan fingerprint density at radius 3 is 2.42 bits per heavy atom. The molecule has 2 aromatic carbocycles. The molecule has 1 aromatic heterocycles. The van der Waals surface area contributed by atoms with Crippen LogP contribution in [0.2, 0.25) is 0 Å². The van der Waals surface area contributed by atoms with Crippen molar-refractivity contribution in [3.63, 3.8) is 0 Å². The van der Waals surface area contributed by atoms with E-state index >= 15 is 0 Å². The summed E-state index contributed by atoms with van der Waals surface area (Å²) in [5.74, 6) is 0.554. The van der Waals surface area contributed by atoms with Crippen molar-refractivity contribution in [2.45, 2.75) is 25.4 Å². The number of primary amides is 1. The number of carbonyl (C=O) groups excluding carboxylic acids is 2. The average molecular weight is 465 g/mol. The van der Waals surface area contributed by atoms with E-state index in [1.165, 1.54) is 16.9 Å². The van der Waals surface area contributed by atoms with Crippen LogP contribution in [-0.2, 0) is 6.54 Å². The van der Waals surface area contributed by atoms with Crippen LogP contribution < -0.4 is 21.1 Å². The molecule has 0 saturated carbocycles. The number of amides is 3. The van der Waals surface area contributed by atoms with Crippen molar-refractivity contribution >= 4 is 28.3 Å². The Hall–Kier alpha value is -3.36. The zero-order valence-electron chi connectivity index (χ0n) is 18.5. The van der Waals surface area contributed by atoms with Crippen LogP contribution in [0, 0.1) is 0 Å². The molecule has 2 heterocycles. The van der Waals surface area contributed by atoms with E-state index in [0.717, 1.165) is 48.7 Å². The lowest BCUT2D eigenvalue weighted by Gasteiger charge is -2.32. The molecule has 4 rings (SSSR count). The maximum absolute atomic E-state index is 13.1. The number of piperidine rings is 1. The molecule has 0 radical (unpaired) electrons. The Labute approximate surface area is 197 Å². The number of likely N-dealkylation sites (tertiary alicyclic amines) is 1. The number of nitrogens with zero attached hydrogens (tertiary/aromatic N) is 1. The molecule has 0 aliphatic carbocycles. The third kappa shape index (κ3) is 5.91. The molecular formula is C25H28N4O3S. The fourth-order valence-corrected chi connectivity index (χ4v) is 5.07. The van der Waals surface area contributed by atoms with Gasteiger partial charge in [0.1, 0.15) is 10.8 Å². The molecule has 1 aliphatic rings. The number of benzene rings is 2. The van der Waals surface area contributed by atoms with Gasteiger partial charge in [-0.2, -0.15) is 0 Å². The quantitative estimate of drug-likeness (QED) is 0.485. The fraction of sp³-hybridized carbons (Fsp3) is 0.280. The summed E-state index contributed by atoms with van der Waals surface area (Å²) in [6, 6.07) is 19.2. The SMILES string of the molecule is COc1ccc(-c2cc(C(=O)NC3CCN(Cc4ccccc4)CC3)c(NC(N)=O)s2)cc1. The third-order valence-corrected chi connectivity index (χ3v) is 6.86. The Morgan fingerprint density at radius 2 is 1.79 bits per heavy atom. The summed E-state index contributed by atoms with van der Waals surface area (Å²) in [7, 11) is 1.61. The number of hydrogen-bond donors (Lipinski definition) is 3. The van der Waals surface area contributed by atoms with Crippen molar-refractivity contribution in [3.05, 3.63) is 71.8 Å². The molecule has 1 fully saturated rings. The molecule has 7 nitrogen and oxygen atoms in total. The monoisotopic (exact) mass is 464 g/mol. The second-order valence-corrected chi connectivity index (χ2v) is 9.13. The molecule has 0 spiro atoms. The highest BCUT2D eigenvalue weighted by Gasteiger charge is 2.24. The lowest BCUT2D eigenvalue weighted by atomic mass is 10.0. The second-order valence-electron chi connectivity index (χ2n) is 8.08. The highest BCUT2D eigenvalue weighted by atomic mass is 32.1. The van der Waals surface area contributed by atoms with Gasteiger partial charge in [0.05, 0.1) is 12.7 Å². The van der Waals surface area contributed by atoms with Crippen molar-refractivity contribution < 1.29 is 14.3 Å². The first kappa shape index (κ1) is 22.8. The summed E-state index contributed by atoms with van der Waals surface area (Å²) in [5, 5.41) is 6.20. The lowest BCUT2D eigenvalue weighted by molar-refractivity contribution is 0.0910. The predicted molar refractivity (Wildman–Crippen MR) is 132 cm³/mol. The maximum Gasteiger partial charge on any atom is 0.317 e. The number of hydrogen-bond acceptors (Lipinski definition) is 5. The molecule has 0 atom stereocenters. The summed E-state index contributed by atoms with van der Waals surface area (Å²) in [5.41, 5.74) is 8.00. The normalized spacial score (nSPS) is 14.6. The van der Waals surface area contributed by atoms with Crippen LogP contribution >= 0.6 is 11.3 Å². The van der Waals surface area contributed by atoms with Gasteiger partial charge in [-0.15, -0.1) is 11.3 Å². The van der Waals surface area contributed by atoms with Crippen molar-refractivity contribution in [3.8, 4) is 16.2 Å². The standard InChI is InChI=1S/C25H28N4O3S/c1-32-20-9-7-18(8-10-20)22-15-21(24(33-22)28-25(26)31)23(30)27-19-11-13-29(14-12-19)16-17-5-3-2-4-6-17/h2-10,15,19H,11-14,16H2,1H3,(H,27,30)(H3,26,28,31). The van der Waals surface area contributed by atoms with E-state index in [2.05, 4.69) is 39.8 Å². The number of nitrogens with one attached hydrogen (secondary N) is 2. The molecule has 0 bridgehead atoms. The van der Waals surface area contributed by atoms with Gasteiger partial charge < -0.3 is 15.8 Å². The van der Waals surface area contributed by atoms with E-state index in [-0.39, 0.29) is 11.9 Å². The molecule has 0 unspecified atom stereocenters. The Balaban J connectivity index is 1.41. The fourth-order valence-electron chi connectivity index (χ4n) is 4.00. The number of thiophene rings is 1. The van der Waals surface area contributed by atoms with Gasteiger partial charge in [0.15, 0.2) is 0 Å². The number of carbonyl (C=O) groups is 2. The van der Waals surface area contributed by atoms with Crippen molar-refractivity contribution in [2.75, 3.05) is 25.5 Å².